The van der Waals surface area contributed by atoms with Crippen molar-refractivity contribution in [1.82, 2.24) is 15.2 Å². The molecule has 0 aliphatic rings. The first kappa shape index (κ1) is 19.1. The first-order chi connectivity index (χ1) is 14.1. The smallest absolute Gasteiger partial charge is 0.387 e. The molecule has 0 N–H and O–H groups in total. The Balaban J connectivity index is 1.38. The minimum absolute atomic E-state index is 0.0425. The van der Waals surface area contributed by atoms with Gasteiger partial charge in [0, 0.05) is 16.9 Å². The van der Waals surface area contributed by atoms with Gasteiger partial charge in [-0.2, -0.15) is 8.78 Å². The van der Waals surface area contributed by atoms with Crippen molar-refractivity contribution >= 4 is 11.8 Å². The average Bonchev–Trinajstić information content (AvgIpc) is 3.37. The predicted molar refractivity (Wildman–Crippen MR) is 97.8 cm³/mol. The first-order valence-electron chi connectivity index (χ1n) is 8.29. The summed E-state index contributed by atoms with van der Waals surface area (Å²) in [5.41, 5.74) is 1.90. The molecule has 0 unspecified atom stereocenters. The molecule has 0 radical (unpaired) electrons. The van der Waals surface area contributed by atoms with Gasteiger partial charge in [0.25, 0.3) is 5.22 Å². The largest absolute Gasteiger partial charge is 0.444 e. The van der Waals surface area contributed by atoms with Gasteiger partial charge in [0.05, 0.1) is 5.69 Å². The monoisotopic (exact) mass is 419 g/mol. The summed E-state index contributed by atoms with van der Waals surface area (Å²) in [5, 5.41) is 8.21. The van der Waals surface area contributed by atoms with Gasteiger partial charge < -0.3 is 13.6 Å². The minimum Gasteiger partial charge on any atom is -0.444 e. The molecule has 29 heavy (non-hydrogen) atoms. The molecule has 10 heteroatoms. The molecule has 2 aromatic carbocycles. The number of thioether (sulfide) groups is 1. The molecule has 4 aromatic rings. The second-order valence-electron chi connectivity index (χ2n) is 5.72. The van der Waals surface area contributed by atoms with Gasteiger partial charge in [-0.3, -0.25) is 0 Å². The Kier molecular flexibility index (Phi) is 5.52. The zero-order chi connectivity index (χ0) is 20.2. The lowest BCUT2D eigenvalue weighted by Crippen LogP contribution is -2.01. The third-order valence-electron chi connectivity index (χ3n) is 3.72. The highest BCUT2D eigenvalue weighted by Crippen LogP contribution is 2.28. The molecule has 6 nitrogen and oxygen atoms in total. The van der Waals surface area contributed by atoms with Gasteiger partial charge in [0.15, 0.2) is 0 Å². The van der Waals surface area contributed by atoms with Crippen molar-refractivity contribution in [2.45, 2.75) is 17.6 Å². The van der Waals surface area contributed by atoms with E-state index in [0.717, 1.165) is 0 Å². The van der Waals surface area contributed by atoms with E-state index < -0.39 is 6.61 Å². The molecule has 0 aliphatic heterocycles. The summed E-state index contributed by atoms with van der Waals surface area (Å²) in [7, 11) is 0. The van der Waals surface area contributed by atoms with Crippen LogP contribution in [0.3, 0.4) is 0 Å². The van der Waals surface area contributed by atoms with E-state index in [1.54, 1.807) is 24.3 Å². The highest BCUT2D eigenvalue weighted by molar-refractivity contribution is 7.98. The number of hydrogen-bond acceptors (Lipinski definition) is 7. The number of nitrogens with zero attached hydrogens (tertiary/aromatic N) is 3. The van der Waals surface area contributed by atoms with Gasteiger partial charge >= 0.3 is 6.61 Å². The van der Waals surface area contributed by atoms with E-state index in [4.69, 9.17) is 8.83 Å². The Hall–Kier alpha value is -3.27. The number of aromatic nitrogens is 3. The summed E-state index contributed by atoms with van der Waals surface area (Å²) >= 11 is 1.26. The topological polar surface area (TPSA) is 74.2 Å². The molecule has 0 saturated heterocycles. The van der Waals surface area contributed by atoms with Gasteiger partial charge in [-0.15, -0.1) is 10.2 Å². The van der Waals surface area contributed by atoms with E-state index in [-0.39, 0.29) is 17.5 Å². The van der Waals surface area contributed by atoms with Crippen molar-refractivity contribution in [3.8, 4) is 28.7 Å². The van der Waals surface area contributed by atoms with Crippen LogP contribution in [-0.2, 0) is 5.75 Å². The van der Waals surface area contributed by atoms with Crippen LogP contribution in [0.2, 0.25) is 0 Å². The Morgan fingerprint density at radius 3 is 2.34 bits per heavy atom. The van der Waals surface area contributed by atoms with Crippen LogP contribution in [0.1, 0.15) is 5.69 Å². The van der Waals surface area contributed by atoms with Crippen molar-refractivity contribution in [1.29, 1.82) is 0 Å². The second kappa shape index (κ2) is 8.39. The van der Waals surface area contributed by atoms with E-state index in [2.05, 4.69) is 19.9 Å². The number of benzene rings is 2. The normalized spacial score (nSPS) is 11.2. The fourth-order valence-corrected chi connectivity index (χ4v) is 3.04. The van der Waals surface area contributed by atoms with Gasteiger partial charge in [-0.1, -0.05) is 11.8 Å². The van der Waals surface area contributed by atoms with E-state index in [1.807, 2.05) is 0 Å². The fourth-order valence-electron chi connectivity index (χ4n) is 2.40. The molecule has 2 aromatic heterocycles. The SMILES string of the molecule is Fc1ccc(-c2nc(CSc3nnc(-c4ccc(OC(F)F)cc4)o3)co2)cc1. The molecule has 0 amide bonds. The van der Waals surface area contributed by atoms with E-state index in [0.29, 0.717) is 33.7 Å². The van der Waals surface area contributed by atoms with Crippen LogP contribution in [0.5, 0.6) is 5.75 Å². The number of halogens is 3. The predicted octanol–water partition coefficient (Wildman–Crippen LogP) is 5.42. The molecule has 0 bridgehead atoms. The summed E-state index contributed by atoms with van der Waals surface area (Å²) in [6.45, 7) is -2.88. The highest BCUT2D eigenvalue weighted by atomic mass is 32.2. The average molecular weight is 419 g/mol. The van der Waals surface area contributed by atoms with E-state index >= 15 is 0 Å². The zero-order valence-electron chi connectivity index (χ0n) is 14.6. The maximum Gasteiger partial charge on any atom is 0.387 e. The molecule has 0 fully saturated rings. The van der Waals surface area contributed by atoms with Crippen LogP contribution >= 0.6 is 11.8 Å². The molecule has 0 aliphatic carbocycles. The number of ether oxygens (including phenoxy) is 1. The van der Waals surface area contributed by atoms with Crippen LogP contribution in [0, 0.1) is 5.82 Å². The molecule has 4 rings (SSSR count). The first-order valence-corrected chi connectivity index (χ1v) is 9.27. The molecule has 0 saturated carbocycles. The Bertz CT molecular complexity index is 1080. The third-order valence-corrected chi connectivity index (χ3v) is 4.57. The van der Waals surface area contributed by atoms with E-state index in [1.165, 1.54) is 42.3 Å². The molecule has 0 spiro atoms. The molecule has 0 atom stereocenters. The second-order valence-corrected chi connectivity index (χ2v) is 6.64. The Morgan fingerprint density at radius 1 is 0.931 bits per heavy atom. The molecule has 148 valence electrons. The lowest BCUT2D eigenvalue weighted by molar-refractivity contribution is -0.0498. The van der Waals surface area contributed by atoms with Crippen molar-refractivity contribution in [3.63, 3.8) is 0 Å². The molecular formula is C19H12F3N3O3S. The van der Waals surface area contributed by atoms with Crippen molar-refractivity contribution < 1.29 is 26.7 Å². The molecular weight excluding hydrogens is 407 g/mol. The summed E-state index contributed by atoms with van der Waals surface area (Å²) < 4.78 is 52.7. The summed E-state index contributed by atoms with van der Waals surface area (Å²) in [6.07, 6.45) is 1.50. The van der Waals surface area contributed by atoms with Crippen LogP contribution in [0.25, 0.3) is 22.9 Å². The van der Waals surface area contributed by atoms with Crippen LogP contribution < -0.4 is 4.74 Å². The zero-order valence-corrected chi connectivity index (χ0v) is 15.4. The van der Waals surface area contributed by atoms with Gasteiger partial charge in [-0.25, -0.2) is 9.37 Å². The van der Waals surface area contributed by atoms with Crippen LogP contribution in [0.4, 0.5) is 13.2 Å². The van der Waals surface area contributed by atoms with Crippen molar-refractivity contribution in [2.24, 2.45) is 0 Å². The Morgan fingerprint density at radius 2 is 1.62 bits per heavy atom. The number of rotatable bonds is 7. The van der Waals surface area contributed by atoms with Gasteiger partial charge in [0.2, 0.25) is 11.8 Å². The standard InChI is InChI=1S/C19H12F3N3O3S/c20-13-5-1-11(2-6-13)16-23-14(9-26-16)10-29-19-25-24-17(28-19)12-3-7-15(8-4-12)27-18(21)22/h1-9,18H,10H2. The number of hydrogen-bond donors (Lipinski definition) is 0. The third kappa shape index (κ3) is 4.77. The minimum atomic E-state index is -2.88. The molecule has 2 heterocycles. The highest BCUT2D eigenvalue weighted by Gasteiger charge is 2.12. The number of alkyl halides is 2. The lowest BCUT2D eigenvalue weighted by atomic mass is 10.2. The van der Waals surface area contributed by atoms with Gasteiger partial charge in [-0.05, 0) is 48.5 Å². The lowest BCUT2D eigenvalue weighted by Gasteiger charge is -2.03. The van der Waals surface area contributed by atoms with E-state index in [9.17, 15) is 13.2 Å². The van der Waals surface area contributed by atoms with Crippen molar-refractivity contribution in [2.75, 3.05) is 0 Å². The quantitative estimate of drug-likeness (QED) is 0.370. The maximum atomic E-state index is 13.0. The van der Waals surface area contributed by atoms with Gasteiger partial charge in [0.1, 0.15) is 17.8 Å². The van der Waals surface area contributed by atoms with Crippen molar-refractivity contribution in [3.05, 3.63) is 66.3 Å². The fraction of sp³-hybridized carbons (Fsp3) is 0.105. The van der Waals surface area contributed by atoms with Crippen LogP contribution in [-0.4, -0.2) is 21.8 Å². The summed E-state index contributed by atoms with van der Waals surface area (Å²) in [4.78, 5) is 4.35. The maximum absolute atomic E-state index is 13.0. The summed E-state index contributed by atoms with van der Waals surface area (Å²) in [5.74, 6) is 0.773. The Labute approximate surface area is 166 Å². The number of oxazole rings is 1. The van der Waals surface area contributed by atoms with Crippen LogP contribution in [0.15, 0.2) is 68.9 Å². The summed E-state index contributed by atoms with van der Waals surface area (Å²) in [6, 6.07) is 11.7.